The number of thiazole rings is 1. The molecule has 4 aromatic rings. The molecule has 0 atom stereocenters. The number of morpholine rings is 1. The van der Waals surface area contributed by atoms with Crippen LogP contribution in [0, 0.1) is 6.92 Å². The van der Waals surface area contributed by atoms with E-state index in [2.05, 4.69) is 4.90 Å². The van der Waals surface area contributed by atoms with Crippen LogP contribution < -0.4 is 9.64 Å². The molecule has 1 aliphatic rings. The number of aromatic nitrogens is 1. The van der Waals surface area contributed by atoms with Crippen LogP contribution in [0.15, 0.2) is 66.7 Å². The number of benzene rings is 3. The quantitative estimate of drug-likeness (QED) is 0.245. The summed E-state index contributed by atoms with van der Waals surface area (Å²) in [6.45, 7) is 6.75. The van der Waals surface area contributed by atoms with Gasteiger partial charge >= 0.3 is 0 Å². The summed E-state index contributed by atoms with van der Waals surface area (Å²) in [5.41, 5.74) is 3.54. The third-order valence-corrected chi connectivity index (χ3v) is 7.99. The molecule has 1 aliphatic heterocycles. The number of nitrogens with zero attached hydrogens (tertiary/aromatic N) is 3. The Kier molecular flexibility index (Phi) is 9.69. The molecule has 5 rings (SSSR count). The SMILES string of the molecule is COc1ccc(C)c2sc(N(CCCN3CCOCC3)C(=O)c3ccc(C(=O)c4ccccc4)cc3)nc12.Cl. The first-order valence-corrected chi connectivity index (χ1v) is 13.6. The topological polar surface area (TPSA) is 72.0 Å². The van der Waals surface area contributed by atoms with Crippen molar-refractivity contribution in [1.82, 2.24) is 9.88 Å². The molecule has 1 amide bonds. The molecule has 0 saturated carbocycles. The molecule has 0 aliphatic carbocycles. The molecule has 204 valence electrons. The lowest BCUT2D eigenvalue weighted by atomic mass is 10.0. The standard InChI is InChI=1S/C30H31N3O4S.ClH/c1-21-9-14-25(36-2)26-28(21)38-30(31-26)33(16-6-15-32-17-19-37-20-18-32)29(35)24-12-10-23(11-13-24)27(34)22-7-4-3-5-8-22;/h3-5,7-14H,6,15-20H2,1-2H3;1H. The van der Waals surface area contributed by atoms with Crippen molar-refractivity contribution in [3.05, 3.63) is 89.0 Å². The van der Waals surface area contributed by atoms with Crippen LogP contribution >= 0.6 is 23.7 Å². The number of ether oxygens (including phenoxy) is 2. The van der Waals surface area contributed by atoms with Gasteiger partial charge in [0.15, 0.2) is 10.9 Å². The van der Waals surface area contributed by atoms with Crippen molar-refractivity contribution in [3.8, 4) is 5.75 Å². The van der Waals surface area contributed by atoms with Crippen LogP contribution in [0.3, 0.4) is 0 Å². The van der Waals surface area contributed by atoms with E-state index in [0.29, 0.717) is 34.1 Å². The van der Waals surface area contributed by atoms with Gasteiger partial charge < -0.3 is 9.47 Å². The zero-order valence-corrected chi connectivity index (χ0v) is 23.7. The second-order valence-electron chi connectivity index (χ2n) is 9.30. The Morgan fingerprint density at radius 3 is 2.33 bits per heavy atom. The number of carbonyl (C=O) groups is 2. The Hall–Kier alpha value is -3.30. The Labute approximate surface area is 238 Å². The molecule has 1 saturated heterocycles. The molecule has 1 fully saturated rings. The fourth-order valence-electron chi connectivity index (χ4n) is 4.62. The first kappa shape index (κ1) is 28.7. The van der Waals surface area contributed by atoms with Gasteiger partial charge in [-0.15, -0.1) is 12.4 Å². The van der Waals surface area contributed by atoms with Gasteiger partial charge in [-0.2, -0.15) is 0 Å². The first-order chi connectivity index (χ1) is 18.5. The van der Waals surface area contributed by atoms with Crippen molar-refractivity contribution >= 4 is 50.8 Å². The zero-order valence-electron chi connectivity index (χ0n) is 22.1. The van der Waals surface area contributed by atoms with Crippen LogP contribution in [0.25, 0.3) is 10.2 Å². The van der Waals surface area contributed by atoms with Crippen molar-refractivity contribution in [1.29, 1.82) is 0 Å². The fraction of sp³-hybridized carbons (Fsp3) is 0.300. The van der Waals surface area contributed by atoms with Gasteiger partial charge in [-0.1, -0.05) is 59.9 Å². The maximum atomic E-state index is 13.8. The lowest BCUT2D eigenvalue weighted by molar-refractivity contribution is 0.0376. The molecule has 0 radical (unpaired) electrons. The molecule has 39 heavy (non-hydrogen) atoms. The molecule has 0 spiro atoms. The molecular formula is C30H32ClN3O4S. The lowest BCUT2D eigenvalue weighted by Crippen LogP contribution is -2.39. The molecule has 9 heteroatoms. The predicted molar refractivity (Wildman–Crippen MR) is 158 cm³/mol. The Morgan fingerprint density at radius 2 is 1.64 bits per heavy atom. The van der Waals surface area contributed by atoms with Crippen molar-refractivity contribution in [3.63, 3.8) is 0 Å². The highest BCUT2D eigenvalue weighted by Gasteiger charge is 2.24. The minimum Gasteiger partial charge on any atom is -0.494 e. The average molecular weight is 566 g/mol. The van der Waals surface area contributed by atoms with Crippen molar-refractivity contribution in [2.24, 2.45) is 0 Å². The van der Waals surface area contributed by atoms with Crippen molar-refractivity contribution in [2.45, 2.75) is 13.3 Å². The number of hydrogen-bond donors (Lipinski definition) is 0. The summed E-state index contributed by atoms with van der Waals surface area (Å²) in [4.78, 5) is 35.7. The molecule has 0 unspecified atom stereocenters. The molecule has 0 N–H and O–H groups in total. The number of rotatable bonds is 9. The third-order valence-electron chi connectivity index (χ3n) is 6.78. The van der Waals surface area contributed by atoms with Crippen LogP contribution in [0.1, 0.15) is 38.3 Å². The highest BCUT2D eigenvalue weighted by Crippen LogP contribution is 2.37. The predicted octanol–water partition coefficient (Wildman–Crippen LogP) is 5.64. The minimum atomic E-state index is -0.138. The van der Waals surface area contributed by atoms with Gasteiger partial charge in [-0.05, 0) is 37.1 Å². The molecule has 7 nitrogen and oxygen atoms in total. The summed E-state index contributed by atoms with van der Waals surface area (Å²) >= 11 is 1.50. The summed E-state index contributed by atoms with van der Waals surface area (Å²) in [5.74, 6) is 0.486. The molecule has 2 heterocycles. The summed E-state index contributed by atoms with van der Waals surface area (Å²) in [7, 11) is 1.63. The molecular weight excluding hydrogens is 534 g/mol. The highest BCUT2D eigenvalue weighted by molar-refractivity contribution is 7.22. The lowest BCUT2D eigenvalue weighted by Gasteiger charge is -2.27. The normalized spacial score (nSPS) is 13.6. The number of carbonyl (C=O) groups excluding carboxylic acids is 2. The van der Waals surface area contributed by atoms with E-state index in [1.807, 2.05) is 37.3 Å². The smallest absolute Gasteiger partial charge is 0.260 e. The van der Waals surface area contributed by atoms with E-state index in [1.54, 1.807) is 48.4 Å². The second-order valence-corrected chi connectivity index (χ2v) is 10.3. The Bertz CT molecular complexity index is 1420. The summed E-state index contributed by atoms with van der Waals surface area (Å²) in [6.07, 6.45) is 0.808. The van der Waals surface area contributed by atoms with Gasteiger partial charge in [0.25, 0.3) is 5.91 Å². The number of aryl methyl sites for hydroxylation is 1. The maximum absolute atomic E-state index is 13.8. The van der Waals surface area contributed by atoms with E-state index in [4.69, 9.17) is 14.5 Å². The van der Waals surface area contributed by atoms with Gasteiger partial charge in [0, 0.05) is 42.9 Å². The van der Waals surface area contributed by atoms with E-state index < -0.39 is 0 Å². The number of hydrogen-bond acceptors (Lipinski definition) is 7. The molecule has 1 aromatic heterocycles. The Balaban J connectivity index is 0.00000353. The monoisotopic (exact) mass is 565 g/mol. The number of amides is 1. The van der Waals surface area contributed by atoms with Crippen LogP contribution in [0.5, 0.6) is 5.75 Å². The minimum absolute atomic E-state index is 0. The zero-order chi connectivity index (χ0) is 26.5. The highest BCUT2D eigenvalue weighted by atomic mass is 35.5. The second kappa shape index (κ2) is 13.2. The van der Waals surface area contributed by atoms with E-state index in [-0.39, 0.29) is 24.1 Å². The van der Waals surface area contributed by atoms with Crippen LogP contribution in [-0.4, -0.2) is 68.1 Å². The number of ketones is 1. The van der Waals surface area contributed by atoms with E-state index in [1.165, 1.54) is 11.3 Å². The first-order valence-electron chi connectivity index (χ1n) is 12.8. The largest absolute Gasteiger partial charge is 0.494 e. The number of anilines is 1. The maximum Gasteiger partial charge on any atom is 0.260 e. The fourth-order valence-corrected chi connectivity index (χ4v) is 5.69. The third kappa shape index (κ3) is 6.47. The summed E-state index contributed by atoms with van der Waals surface area (Å²) < 4.78 is 12.0. The van der Waals surface area contributed by atoms with Gasteiger partial charge in [0.05, 0.1) is 25.0 Å². The number of fused-ring (bicyclic) bond motifs is 1. The molecule has 3 aromatic carbocycles. The van der Waals surface area contributed by atoms with Gasteiger partial charge in [0.2, 0.25) is 0 Å². The Morgan fingerprint density at radius 1 is 0.974 bits per heavy atom. The van der Waals surface area contributed by atoms with E-state index in [0.717, 1.165) is 55.0 Å². The summed E-state index contributed by atoms with van der Waals surface area (Å²) in [5, 5.41) is 0.643. The van der Waals surface area contributed by atoms with Crippen LogP contribution in [0.4, 0.5) is 5.13 Å². The van der Waals surface area contributed by atoms with Crippen molar-refractivity contribution in [2.75, 3.05) is 51.4 Å². The van der Waals surface area contributed by atoms with Gasteiger partial charge in [-0.3, -0.25) is 19.4 Å². The van der Waals surface area contributed by atoms with Gasteiger partial charge in [0.1, 0.15) is 11.3 Å². The number of methoxy groups -OCH3 is 1. The van der Waals surface area contributed by atoms with E-state index in [9.17, 15) is 9.59 Å². The summed E-state index contributed by atoms with van der Waals surface area (Å²) in [6, 6.07) is 20.0. The van der Waals surface area contributed by atoms with Gasteiger partial charge in [-0.25, -0.2) is 4.98 Å². The molecule has 0 bridgehead atoms. The van der Waals surface area contributed by atoms with Crippen LogP contribution in [0.2, 0.25) is 0 Å². The number of halogens is 1. The van der Waals surface area contributed by atoms with Crippen molar-refractivity contribution < 1.29 is 19.1 Å². The van der Waals surface area contributed by atoms with E-state index >= 15 is 0 Å². The van der Waals surface area contributed by atoms with Crippen LogP contribution in [-0.2, 0) is 4.74 Å². The average Bonchev–Trinajstić information content (AvgIpc) is 3.42.